The van der Waals surface area contributed by atoms with Crippen LogP contribution in [0.4, 0.5) is 0 Å². The quantitative estimate of drug-likeness (QED) is 0.727. The second-order valence-corrected chi connectivity index (χ2v) is 5.31. The van der Waals surface area contributed by atoms with Gasteiger partial charge in [0.25, 0.3) is 0 Å². The summed E-state index contributed by atoms with van der Waals surface area (Å²) in [4.78, 5) is 21.9. The molecule has 24 heavy (non-hydrogen) atoms. The highest BCUT2D eigenvalue weighted by atomic mass is 16.5. The fraction of sp³-hybridized carbons (Fsp3) is 0.111. The Bertz CT molecular complexity index is 913. The third-order valence-electron chi connectivity index (χ3n) is 3.69. The Hall–Kier alpha value is -3.28. The minimum absolute atomic E-state index is 0.278. The highest BCUT2D eigenvalue weighted by Gasteiger charge is 2.11. The maximum Gasteiger partial charge on any atom is 0.341 e. The molecule has 0 bridgehead atoms. The summed E-state index contributed by atoms with van der Waals surface area (Å²) in [6, 6.07) is 14.1. The van der Waals surface area contributed by atoms with Crippen molar-refractivity contribution in [3.8, 4) is 5.75 Å². The van der Waals surface area contributed by atoms with Crippen molar-refractivity contribution in [2.45, 2.75) is 6.54 Å². The van der Waals surface area contributed by atoms with E-state index in [4.69, 9.17) is 9.84 Å². The van der Waals surface area contributed by atoms with Crippen LogP contribution in [0.15, 0.2) is 54.7 Å². The number of carboxylic acids is 2. The van der Waals surface area contributed by atoms with Crippen LogP contribution in [0.3, 0.4) is 0 Å². The molecule has 6 nitrogen and oxygen atoms in total. The zero-order chi connectivity index (χ0) is 17.1. The van der Waals surface area contributed by atoms with Crippen LogP contribution >= 0.6 is 0 Å². The molecular formula is C18H15NO5. The number of hydrogen-bond acceptors (Lipinski definition) is 3. The Morgan fingerprint density at radius 2 is 1.83 bits per heavy atom. The molecule has 0 aliphatic heterocycles. The highest BCUT2D eigenvalue weighted by molar-refractivity contribution is 5.89. The lowest BCUT2D eigenvalue weighted by Gasteiger charge is -2.09. The van der Waals surface area contributed by atoms with Gasteiger partial charge < -0.3 is 19.5 Å². The normalized spacial score (nSPS) is 10.7. The maximum atomic E-state index is 11.3. The SMILES string of the molecule is O=C(O)COc1ccc2c(ccn2Cc2ccccc2C(=O)O)c1. The van der Waals surface area contributed by atoms with Crippen LogP contribution in [0.25, 0.3) is 10.9 Å². The molecule has 122 valence electrons. The summed E-state index contributed by atoms with van der Waals surface area (Å²) in [5.74, 6) is -1.50. The molecule has 0 fully saturated rings. The van der Waals surface area contributed by atoms with Gasteiger partial charge in [0.15, 0.2) is 6.61 Å². The zero-order valence-corrected chi connectivity index (χ0v) is 12.7. The second-order valence-electron chi connectivity index (χ2n) is 5.31. The van der Waals surface area contributed by atoms with Crippen molar-refractivity contribution in [3.63, 3.8) is 0 Å². The first kappa shape index (κ1) is 15.6. The lowest BCUT2D eigenvalue weighted by Crippen LogP contribution is -2.09. The number of benzene rings is 2. The summed E-state index contributed by atoms with van der Waals surface area (Å²) in [5.41, 5.74) is 1.91. The molecule has 1 heterocycles. The monoisotopic (exact) mass is 325 g/mol. The van der Waals surface area contributed by atoms with Crippen molar-refractivity contribution >= 4 is 22.8 Å². The van der Waals surface area contributed by atoms with Crippen molar-refractivity contribution in [2.24, 2.45) is 0 Å². The summed E-state index contributed by atoms with van der Waals surface area (Å²) in [7, 11) is 0. The number of nitrogens with zero attached hydrogens (tertiary/aromatic N) is 1. The number of aromatic nitrogens is 1. The summed E-state index contributed by atoms with van der Waals surface area (Å²) < 4.78 is 7.11. The van der Waals surface area contributed by atoms with E-state index >= 15 is 0 Å². The smallest absolute Gasteiger partial charge is 0.341 e. The van der Waals surface area contributed by atoms with Gasteiger partial charge in [0.05, 0.1) is 5.56 Å². The van der Waals surface area contributed by atoms with Gasteiger partial charge in [-0.15, -0.1) is 0 Å². The van der Waals surface area contributed by atoms with Crippen molar-refractivity contribution in [2.75, 3.05) is 6.61 Å². The van der Waals surface area contributed by atoms with Crippen molar-refractivity contribution in [1.82, 2.24) is 4.57 Å². The van der Waals surface area contributed by atoms with Crippen LogP contribution in [0.5, 0.6) is 5.75 Å². The fourth-order valence-corrected chi connectivity index (χ4v) is 2.60. The van der Waals surface area contributed by atoms with E-state index in [0.717, 1.165) is 10.9 Å². The molecule has 3 aromatic rings. The average Bonchev–Trinajstić information content (AvgIpc) is 2.95. The Kier molecular flexibility index (Phi) is 4.20. The summed E-state index contributed by atoms with van der Waals surface area (Å²) >= 11 is 0. The Morgan fingerprint density at radius 3 is 2.58 bits per heavy atom. The number of rotatable bonds is 6. The van der Waals surface area contributed by atoms with Gasteiger partial charge in [0.2, 0.25) is 0 Å². The zero-order valence-electron chi connectivity index (χ0n) is 12.7. The van der Waals surface area contributed by atoms with Gasteiger partial charge in [-0.2, -0.15) is 0 Å². The van der Waals surface area contributed by atoms with Gasteiger partial charge in [0.1, 0.15) is 5.75 Å². The van der Waals surface area contributed by atoms with Gasteiger partial charge in [-0.3, -0.25) is 0 Å². The number of carboxylic acid groups (broad SMARTS) is 2. The number of aromatic carboxylic acids is 1. The largest absolute Gasteiger partial charge is 0.482 e. The molecule has 2 aromatic carbocycles. The highest BCUT2D eigenvalue weighted by Crippen LogP contribution is 2.23. The molecule has 0 spiro atoms. The van der Waals surface area contributed by atoms with E-state index in [1.165, 1.54) is 0 Å². The predicted molar refractivity (Wildman–Crippen MR) is 87.6 cm³/mol. The number of hydrogen-bond donors (Lipinski definition) is 2. The lowest BCUT2D eigenvalue weighted by atomic mass is 10.1. The third kappa shape index (κ3) is 3.22. The Balaban J connectivity index is 1.89. The number of ether oxygens (including phenoxy) is 1. The van der Waals surface area contributed by atoms with Gasteiger partial charge in [-0.1, -0.05) is 18.2 Å². The van der Waals surface area contributed by atoms with Crippen molar-refractivity contribution < 1.29 is 24.5 Å². The first-order chi connectivity index (χ1) is 11.5. The molecule has 2 N–H and O–H groups in total. The summed E-state index contributed by atoms with van der Waals surface area (Å²) in [5, 5.41) is 18.8. The van der Waals surface area contributed by atoms with E-state index in [-0.39, 0.29) is 5.56 Å². The van der Waals surface area contributed by atoms with E-state index in [0.29, 0.717) is 17.9 Å². The molecule has 0 amide bonds. The third-order valence-corrected chi connectivity index (χ3v) is 3.69. The first-order valence-corrected chi connectivity index (χ1v) is 7.29. The predicted octanol–water partition coefficient (Wildman–Crippen LogP) is 2.85. The molecule has 0 aliphatic carbocycles. The van der Waals surface area contributed by atoms with E-state index in [2.05, 4.69) is 0 Å². The minimum atomic E-state index is -1.03. The van der Waals surface area contributed by atoms with E-state index < -0.39 is 18.5 Å². The molecule has 0 radical (unpaired) electrons. The molecule has 0 aliphatic rings. The number of carbonyl (C=O) groups is 2. The minimum Gasteiger partial charge on any atom is -0.482 e. The fourth-order valence-electron chi connectivity index (χ4n) is 2.60. The van der Waals surface area contributed by atoms with Gasteiger partial charge in [-0.25, -0.2) is 9.59 Å². The molecular weight excluding hydrogens is 310 g/mol. The van der Waals surface area contributed by atoms with E-state index in [9.17, 15) is 14.7 Å². The van der Waals surface area contributed by atoms with Gasteiger partial charge in [0, 0.05) is 23.6 Å². The number of aliphatic carboxylic acids is 1. The molecule has 0 atom stereocenters. The molecule has 3 rings (SSSR count). The van der Waals surface area contributed by atoms with Crippen LogP contribution in [0.1, 0.15) is 15.9 Å². The summed E-state index contributed by atoms with van der Waals surface area (Å²) in [6.07, 6.45) is 1.87. The molecule has 0 unspecified atom stereocenters. The lowest BCUT2D eigenvalue weighted by molar-refractivity contribution is -0.139. The maximum absolute atomic E-state index is 11.3. The molecule has 0 saturated heterocycles. The average molecular weight is 325 g/mol. The number of fused-ring (bicyclic) bond motifs is 1. The van der Waals surface area contributed by atoms with Crippen molar-refractivity contribution in [3.05, 3.63) is 65.9 Å². The van der Waals surface area contributed by atoms with Crippen molar-refractivity contribution in [1.29, 1.82) is 0 Å². The van der Waals surface area contributed by atoms with Crippen LogP contribution in [-0.4, -0.2) is 33.3 Å². The molecule has 1 aromatic heterocycles. The van der Waals surface area contributed by atoms with Crippen LogP contribution in [0.2, 0.25) is 0 Å². The standard InChI is InChI=1S/C18H15NO5/c20-17(21)11-24-14-5-6-16-12(9-14)7-8-19(16)10-13-3-1-2-4-15(13)18(22)23/h1-9H,10-11H2,(H,20,21)(H,22,23). The topological polar surface area (TPSA) is 88.8 Å². The Morgan fingerprint density at radius 1 is 1.04 bits per heavy atom. The van der Waals surface area contributed by atoms with Crippen LogP contribution < -0.4 is 4.74 Å². The first-order valence-electron chi connectivity index (χ1n) is 7.29. The Labute approximate surface area is 137 Å². The molecule has 0 saturated carbocycles. The van der Waals surface area contributed by atoms with Crippen LogP contribution in [0, 0.1) is 0 Å². The second kappa shape index (κ2) is 6.45. The molecule has 6 heteroatoms. The van der Waals surface area contributed by atoms with Gasteiger partial charge in [-0.05, 0) is 35.9 Å². The van der Waals surface area contributed by atoms with E-state index in [1.807, 2.05) is 29.0 Å². The van der Waals surface area contributed by atoms with Crippen LogP contribution in [-0.2, 0) is 11.3 Å². The van der Waals surface area contributed by atoms with Gasteiger partial charge >= 0.3 is 11.9 Å². The van der Waals surface area contributed by atoms with E-state index in [1.54, 1.807) is 30.3 Å². The summed E-state index contributed by atoms with van der Waals surface area (Å²) in [6.45, 7) is 0.0412.